The monoisotopic (exact) mass is 155 g/mol. The quantitative estimate of drug-likeness (QED) is 0.575. The lowest BCUT2D eigenvalue weighted by Crippen LogP contribution is -2.40. The second-order valence-corrected chi connectivity index (χ2v) is 3.24. The molecule has 0 bridgehead atoms. The molecule has 0 aromatic rings. The topological polar surface area (TPSA) is 20.3 Å². The van der Waals surface area contributed by atoms with Crippen LogP contribution >= 0.6 is 0 Å². The van der Waals surface area contributed by atoms with Crippen LogP contribution in [0.1, 0.15) is 32.6 Å². The lowest BCUT2D eigenvalue weighted by Gasteiger charge is -2.31. The normalized spacial score (nSPS) is 26.8. The summed E-state index contributed by atoms with van der Waals surface area (Å²) in [7, 11) is 0. The minimum absolute atomic E-state index is 0.226. The minimum Gasteiger partial charge on any atom is -0.302 e. The van der Waals surface area contributed by atoms with Gasteiger partial charge in [0.25, 0.3) is 0 Å². The SMILES string of the molecule is CCCN1CCCCC1C=O. The van der Waals surface area contributed by atoms with E-state index in [2.05, 4.69) is 11.8 Å². The number of piperidine rings is 1. The van der Waals surface area contributed by atoms with Gasteiger partial charge in [-0.05, 0) is 32.4 Å². The first-order valence-electron chi connectivity index (χ1n) is 4.58. The Morgan fingerprint density at radius 1 is 1.55 bits per heavy atom. The van der Waals surface area contributed by atoms with E-state index in [-0.39, 0.29) is 6.04 Å². The predicted molar refractivity (Wildman–Crippen MR) is 45.6 cm³/mol. The number of nitrogens with zero attached hydrogens (tertiary/aromatic N) is 1. The molecule has 0 spiro atoms. The first-order chi connectivity index (χ1) is 5.38. The number of carbonyl (C=O) groups excluding carboxylic acids is 1. The van der Waals surface area contributed by atoms with Gasteiger partial charge in [-0.25, -0.2) is 0 Å². The van der Waals surface area contributed by atoms with Gasteiger partial charge in [-0.15, -0.1) is 0 Å². The van der Waals surface area contributed by atoms with Crippen LogP contribution in [0.3, 0.4) is 0 Å². The maximum absolute atomic E-state index is 10.6. The van der Waals surface area contributed by atoms with Gasteiger partial charge in [0.2, 0.25) is 0 Å². The summed E-state index contributed by atoms with van der Waals surface area (Å²) >= 11 is 0. The Balaban J connectivity index is 2.37. The van der Waals surface area contributed by atoms with Gasteiger partial charge in [0.1, 0.15) is 6.29 Å². The highest BCUT2D eigenvalue weighted by Gasteiger charge is 2.19. The summed E-state index contributed by atoms with van der Waals surface area (Å²) in [6.45, 7) is 4.37. The molecule has 1 aliphatic rings. The fourth-order valence-electron chi connectivity index (χ4n) is 1.74. The standard InChI is InChI=1S/C9H17NO/c1-2-6-10-7-4-3-5-9(10)8-11/h8-9H,2-7H2,1H3. The van der Waals surface area contributed by atoms with E-state index in [9.17, 15) is 4.79 Å². The maximum Gasteiger partial charge on any atom is 0.137 e. The van der Waals surface area contributed by atoms with Gasteiger partial charge in [-0.1, -0.05) is 13.3 Å². The molecule has 1 rings (SSSR count). The number of aldehydes is 1. The molecule has 1 heterocycles. The van der Waals surface area contributed by atoms with E-state index in [1.54, 1.807) is 0 Å². The largest absolute Gasteiger partial charge is 0.302 e. The van der Waals surface area contributed by atoms with Gasteiger partial charge in [0, 0.05) is 0 Å². The Labute approximate surface area is 68.6 Å². The molecule has 11 heavy (non-hydrogen) atoms. The van der Waals surface area contributed by atoms with Crippen molar-refractivity contribution in [2.75, 3.05) is 13.1 Å². The van der Waals surface area contributed by atoms with Crippen LogP contribution < -0.4 is 0 Å². The van der Waals surface area contributed by atoms with Crippen LogP contribution in [0.4, 0.5) is 0 Å². The van der Waals surface area contributed by atoms with E-state index in [0.717, 1.165) is 32.2 Å². The predicted octanol–water partition coefficient (Wildman–Crippen LogP) is 1.45. The maximum atomic E-state index is 10.6. The van der Waals surface area contributed by atoms with Crippen molar-refractivity contribution in [2.45, 2.75) is 38.6 Å². The van der Waals surface area contributed by atoms with E-state index in [1.807, 2.05) is 0 Å². The molecular formula is C9H17NO. The van der Waals surface area contributed by atoms with Gasteiger partial charge in [0.05, 0.1) is 6.04 Å². The van der Waals surface area contributed by atoms with Gasteiger partial charge in [0.15, 0.2) is 0 Å². The summed E-state index contributed by atoms with van der Waals surface area (Å²) in [6, 6.07) is 0.226. The summed E-state index contributed by atoms with van der Waals surface area (Å²) in [5, 5.41) is 0. The molecule has 0 aliphatic carbocycles. The average Bonchev–Trinajstić information content (AvgIpc) is 2.06. The molecule has 1 atom stereocenters. The zero-order valence-corrected chi connectivity index (χ0v) is 7.25. The summed E-state index contributed by atoms with van der Waals surface area (Å²) in [5.74, 6) is 0. The third-order valence-electron chi connectivity index (χ3n) is 2.33. The molecule has 1 unspecified atom stereocenters. The van der Waals surface area contributed by atoms with E-state index in [4.69, 9.17) is 0 Å². The van der Waals surface area contributed by atoms with Gasteiger partial charge < -0.3 is 4.79 Å². The van der Waals surface area contributed by atoms with Crippen LogP contribution in [-0.4, -0.2) is 30.3 Å². The summed E-state index contributed by atoms with van der Waals surface area (Å²) < 4.78 is 0. The molecule has 0 amide bonds. The Morgan fingerprint density at radius 3 is 3.00 bits per heavy atom. The minimum atomic E-state index is 0.226. The zero-order valence-electron chi connectivity index (χ0n) is 7.25. The van der Waals surface area contributed by atoms with Crippen LogP contribution in [0.25, 0.3) is 0 Å². The Morgan fingerprint density at radius 2 is 2.36 bits per heavy atom. The second kappa shape index (κ2) is 4.50. The highest BCUT2D eigenvalue weighted by Crippen LogP contribution is 2.14. The second-order valence-electron chi connectivity index (χ2n) is 3.24. The third kappa shape index (κ3) is 2.29. The number of hydrogen-bond donors (Lipinski definition) is 0. The van der Waals surface area contributed by atoms with Crippen molar-refractivity contribution in [3.63, 3.8) is 0 Å². The Kier molecular flexibility index (Phi) is 3.57. The van der Waals surface area contributed by atoms with Crippen LogP contribution in [-0.2, 0) is 4.79 Å². The van der Waals surface area contributed by atoms with Crippen LogP contribution in [0.2, 0.25) is 0 Å². The molecule has 0 N–H and O–H groups in total. The van der Waals surface area contributed by atoms with Crippen molar-refractivity contribution in [1.29, 1.82) is 0 Å². The smallest absolute Gasteiger partial charge is 0.137 e. The Bertz CT molecular complexity index is 123. The van der Waals surface area contributed by atoms with Crippen molar-refractivity contribution in [2.24, 2.45) is 0 Å². The molecule has 64 valence electrons. The first kappa shape index (κ1) is 8.72. The molecule has 1 fully saturated rings. The van der Waals surface area contributed by atoms with Crippen LogP contribution in [0.15, 0.2) is 0 Å². The zero-order chi connectivity index (χ0) is 8.10. The van der Waals surface area contributed by atoms with Gasteiger partial charge in [-0.3, -0.25) is 4.90 Å². The fourth-order valence-corrected chi connectivity index (χ4v) is 1.74. The molecule has 0 aromatic carbocycles. The first-order valence-corrected chi connectivity index (χ1v) is 4.58. The summed E-state index contributed by atoms with van der Waals surface area (Å²) in [6.07, 6.45) is 5.83. The molecule has 0 radical (unpaired) electrons. The molecule has 2 heteroatoms. The lowest BCUT2D eigenvalue weighted by atomic mass is 10.0. The van der Waals surface area contributed by atoms with Crippen molar-refractivity contribution < 1.29 is 4.79 Å². The molecule has 0 aromatic heterocycles. The van der Waals surface area contributed by atoms with E-state index in [0.29, 0.717) is 0 Å². The highest BCUT2D eigenvalue weighted by molar-refractivity contribution is 5.57. The molecule has 1 saturated heterocycles. The third-order valence-corrected chi connectivity index (χ3v) is 2.33. The molecular weight excluding hydrogens is 138 g/mol. The summed E-state index contributed by atoms with van der Waals surface area (Å²) in [5.41, 5.74) is 0. The highest BCUT2D eigenvalue weighted by atomic mass is 16.1. The van der Waals surface area contributed by atoms with Crippen molar-refractivity contribution in [1.82, 2.24) is 4.90 Å². The Hall–Kier alpha value is -0.370. The van der Waals surface area contributed by atoms with E-state index in [1.165, 1.54) is 12.8 Å². The molecule has 1 aliphatic heterocycles. The van der Waals surface area contributed by atoms with Gasteiger partial charge >= 0.3 is 0 Å². The van der Waals surface area contributed by atoms with Crippen LogP contribution in [0, 0.1) is 0 Å². The van der Waals surface area contributed by atoms with E-state index < -0.39 is 0 Å². The lowest BCUT2D eigenvalue weighted by molar-refractivity contribution is -0.113. The average molecular weight is 155 g/mol. The number of likely N-dealkylation sites (tertiary alicyclic amines) is 1. The summed E-state index contributed by atoms with van der Waals surface area (Å²) in [4.78, 5) is 12.9. The van der Waals surface area contributed by atoms with Crippen molar-refractivity contribution in [3.05, 3.63) is 0 Å². The van der Waals surface area contributed by atoms with Gasteiger partial charge in [-0.2, -0.15) is 0 Å². The fraction of sp³-hybridized carbons (Fsp3) is 0.889. The van der Waals surface area contributed by atoms with Crippen molar-refractivity contribution in [3.8, 4) is 0 Å². The van der Waals surface area contributed by atoms with Crippen LogP contribution in [0.5, 0.6) is 0 Å². The molecule has 2 nitrogen and oxygen atoms in total. The molecule has 0 saturated carbocycles. The van der Waals surface area contributed by atoms with Crippen molar-refractivity contribution >= 4 is 6.29 Å². The van der Waals surface area contributed by atoms with E-state index >= 15 is 0 Å². The number of rotatable bonds is 3. The number of carbonyl (C=O) groups is 1. The number of hydrogen-bond acceptors (Lipinski definition) is 2.